The summed E-state index contributed by atoms with van der Waals surface area (Å²) in [6.45, 7) is 5.09. The minimum Gasteiger partial charge on any atom is -0.374 e. The summed E-state index contributed by atoms with van der Waals surface area (Å²) in [4.78, 5) is 2.56. The quantitative estimate of drug-likeness (QED) is 0.699. The van der Waals surface area contributed by atoms with E-state index in [9.17, 15) is 0 Å². The summed E-state index contributed by atoms with van der Waals surface area (Å²) in [5, 5.41) is 11.8. The minimum atomic E-state index is 0.344. The molecule has 4 nitrogen and oxygen atoms in total. The Morgan fingerprint density at radius 3 is 3.31 bits per heavy atom. The minimum absolute atomic E-state index is 0.344. The maximum absolute atomic E-state index is 8.41. The molecular formula is C12H21N3O. The normalized spacial score (nSPS) is 29.9. The molecule has 2 aliphatic rings. The molecule has 1 N–H and O–H groups in total. The fraction of sp³-hybridized carbons (Fsp3) is 0.917. The Morgan fingerprint density at radius 1 is 1.50 bits per heavy atom. The maximum Gasteiger partial charge on any atom is 0.0826 e. The van der Waals surface area contributed by atoms with Gasteiger partial charge in [0.25, 0.3) is 0 Å². The maximum atomic E-state index is 8.41. The van der Waals surface area contributed by atoms with E-state index in [0.717, 1.165) is 32.7 Å². The molecule has 90 valence electrons. The molecule has 4 heteroatoms. The Labute approximate surface area is 97.6 Å². The summed E-state index contributed by atoms with van der Waals surface area (Å²) < 4.78 is 5.83. The van der Waals surface area contributed by atoms with Gasteiger partial charge in [-0.1, -0.05) is 0 Å². The Balaban J connectivity index is 1.58. The van der Waals surface area contributed by atoms with Crippen molar-refractivity contribution < 1.29 is 4.74 Å². The van der Waals surface area contributed by atoms with Crippen molar-refractivity contribution in [1.82, 2.24) is 10.2 Å². The highest BCUT2D eigenvalue weighted by Crippen LogP contribution is 2.22. The summed E-state index contributed by atoms with van der Waals surface area (Å²) in [7, 11) is 0. The van der Waals surface area contributed by atoms with Crippen LogP contribution < -0.4 is 5.32 Å². The third kappa shape index (κ3) is 3.18. The predicted molar refractivity (Wildman–Crippen MR) is 62.1 cm³/mol. The first-order valence-electron chi connectivity index (χ1n) is 6.33. The van der Waals surface area contributed by atoms with Gasteiger partial charge in [0.05, 0.1) is 18.8 Å². The van der Waals surface area contributed by atoms with Crippen LogP contribution in [-0.2, 0) is 4.74 Å². The van der Waals surface area contributed by atoms with Gasteiger partial charge in [-0.25, -0.2) is 0 Å². The van der Waals surface area contributed by atoms with Crippen molar-refractivity contribution in [2.75, 3.05) is 32.8 Å². The van der Waals surface area contributed by atoms with Crippen LogP contribution in [0.1, 0.15) is 25.7 Å². The molecule has 0 amide bonds. The summed E-state index contributed by atoms with van der Waals surface area (Å²) in [6.07, 6.45) is 4.57. The molecule has 0 aromatic rings. The SMILES string of the molecule is N#CCCCNCC1CN2CCCC2CO1. The fourth-order valence-corrected chi connectivity index (χ4v) is 2.56. The second-order valence-electron chi connectivity index (χ2n) is 4.71. The third-order valence-corrected chi connectivity index (χ3v) is 3.48. The van der Waals surface area contributed by atoms with Crippen molar-refractivity contribution >= 4 is 0 Å². The molecule has 2 heterocycles. The van der Waals surface area contributed by atoms with Crippen molar-refractivity contribution in [3.8, 4) is 6.07 Å². The van der Waals surface area contributed by atoms with Gasteiger partial charge < -0.3 is 10.1 Å². The van der Waals surface area contributed by atoms with Crippen LogP contribution in [0.25, 0.3) is 0 Å². The second kappa shape index (κ2) is 6.19. The van der Waals surface area contributed by atoms with Gasteiger partial charge in [0, 0.05) is 25.6 Å². The van der Waals surface area contributed by atoms with Gasteiger partial charge in [-0.3, -0.25) is 4.90 Å². The molecular weight excluding hydrogens is 202 g/mol. The van der Waals surface area contributed by atoms with Crippen molar-refractivity contribution in [3.63, 3.8) is 0 Å². The zero-order chi connectivity index (χ0) is 11.2. The Kier molecular flexibility index (Phi) is 4.58. The first-order chi connectivity index (χ1) is 7.90. The van der Waals surface area contributed by atoms with Gasteiger partial charge in [0.15, 0.2) is 0 Å². The molecule has 0 aromatic carbocycles. The van der Waals surface area contributed by atoms with Gasteiger partial charge >= 0.3 is 0 Å². The smallest absolute Gasteiger partial charge is 0.0826 e. The van der Waals surface area contributed by atoms with E-state index in [2.05, 4.69) is 16.3 Å². The number of fused-ring (bicyclic) bond motifs is 1. The molecule has 0 spiro atoms. The highest BCUT2D eigenvalue weighted by Gasteiger charge is 2.31. The molecule has 2 fully saturated rings. The van der Waals surface area contributed by atoms with E-state index in [4.69, 9.17) is 10.00 Å². The number of nitriles is 1. The molecule has 0 aliphatic carbocycles. The molecule has 2 unspecified atom stereocenters. The molecule has 2 atom stereocenters. The summed E-state index contributed by atoms with van der Waals surface area (Å²) in [5.74, 6) is 0. The van der Waals surface area contributed by atoms with Crippen LogP contribution in [0.2, 0.25) is 0 Å². The van der Waals surface area contributed by atoms with E-state index in [1.165, 1.54) is 19.4 Å². The van der Waals surface area contributed by atoms with Gasteiger partial charge in [0.2, 0.25) is 0 Å². The zero-order valence-corrected chi connectivity index (χ0v) is 9.82. The Morgan fingerprint density at radius 2 is 2.44 bits per heavy atom. The van der Waals surface area contributed by atoms with Crippen LogP contribution in [0.4, 0.5) is 0 Å². The van der Waals surface area contributed by atoms with Crippen LogP contribution in [-0.4, -0.2) is 49.8 Å². The highest BCUT2D eigenvalue weighted by molar-refractivity contribution is 4.85. The van der Waals surface area contributed by atoms with Gasteiger partial charge in [-0.15, -0.1) is 0 Å². The molecule has 0 saturated carbocycles. The van der Waals surface area contributed by atoms with E-state index < -0.39 is 0 Å². The molecule has 0 aromatic heterocycles. The van der Waals surface area contributed by atoms with Gasteiger partial charge in [-0.2, -0.15) is 5.26 Å². The topological polar surface area (TPSA) is 48.3 Å². The fourth-order valence-electron chi connectivity index (χ4n) is 2.56. The first-order valence-corrected chi connectivity index (χ1v) is 6.33. The molecule has 0 bridgehead atoms. The average Bonchev–Trinajstić information content (AvgIpc) is 2.76. The number of unbranched alkanes of at least 4 members (excludes halogenated alkanes) is 1. The summed E-state index contributed by atoms with van der Waals surface area (Å²) >= 11 is 0. The number of hydrogen-bond acceptors (Lipinski definition) is 4. The Hall–Kier alpha value is -0.630. The Bertz CT molecular complexity index is 251. The van der Waals surface area contributed by atoms with Crippen molar-refractivity contribution in [1.29, 1.82) is 5.26 Å². The monoisotopic (exact) mass is 223 g/mol. The molecule has 16 heavy (non-hydrogen) atoms. The van der Waals surface area contributed by atoms with Crippen LogP contribution >= 0.6 is 0 Å². The molecule has 2 saturated heterocycles. The van der Waals surface area contributed by atoms with E-state index in [1.54, 1.807) is 0 Å². The number of rotatable bonds is 5. The van der Waals surface area contributed by atoms with Crippen LogP contribution in [0.5, 0.6) is 0 Å². The zero-order valence-electron chi connectivity index (χ0n) is 9.82. The second-order valence-corrected chi connectivity index (χ2v) is 4.71. The lowest BCUT2D eigenvalue weighted by Gasteiger charge is -2.35. The predicted octanol–water partition coefficient (Wildman–Crippen LogP) is 0.743. The summed E-state index contributed by atoms with van der Waals surface area (Å²) in [5.41, 5.74) is 0. The standard InChI is InChI=1S/C12H21N3O/c13-5-1-2-6-14-8-12-9-15-7-3-4-11(15)10-16-12/h11-12,14H,1-4,6-10H2. The van der Waals surface area contributed by atoms with Crippen LogP contribution in [0, 0.1) is 11.3 Å². The van der Waals surface area contributed by atoms with Gasteiger partial charge in [0.1, 0.15) is 0 Å². The molecule has 2 rings (SSSR count). The lowest BCUT2D eigenvalue weighted by Crippen LogP contribution is -2.49. The van der Waals surface area contributed by atoms with E-state index in [0.29, 0.717) is 18.6 Å². The summed E-state index contributed by atoms with van der Waals surface area (Å²) in [6, 6.07) is 2.85. The lowest BCUT2D eigenvalue weighted by atomic mass is 10.2. The number of ether oxygens (including phenoxy) is 1. The molecule has 0 radical (unpaired) electrons. The van der Waals surface area contributed by atoms with E-state index in [-0.39, 0.29) is 0 Å². The molecule has 2 aliphatic heterocycles. The first kappa shape index (κ1) is 11.8. The van der Waals surface area contributed by atoms with Crippen molar-refractivity contribution in [3.05, 3.63) is 0 Å². The number of nitrogens with zero attached hydrogens (tertiary/aromatic N) is 2. The van der Waals surface area contributed by atoms with Crippen molar-refractivity contribution in [2.24, 2.45) is 0 Å². The van der Waals surface area contributed by atoms with Crippen molar-refractivity contribution in [2.45, 2.75) is 37.8 Å². The highest BCUT2D eigenvalue weighted by atomic mass is 16.5. The number of hydrogen-bond donors (Lipinski definition) is 1. The third-order valence-electron chi connectivity index (χ3n) is 3.48. The number of nitrogens with one attached hydrogen (secondary N) is 1. The number of morpholine rings is 1. The van der Waals surface area contributed by atoms with Crippen LogP contribution in [0.15, 0.2) is 0 Å². The van der Waals surface area contributed by atoms with Crippen LogP contribution in [0.3, 0.4) is 0 Å². The van der Waals surface area contributed by atoms with Gasteiger partial charge in [-0.05, 0) is 32.4 Å². The largest absolute Gasteiger partial charge is 0.374 e. The lowest BCUT2D eigenvalue weighted by molar-refractivity contribution is -0.0468. The van der Waals surface area contributed by atoms with E-state index >= 15 is 0 Å². The van der Waals surface area contributed by atoms with E-state index in [1.807, 2.05) is 0 Å². The average molecular weight is 223 g/mol.